The van der Waals surface area contributed by atoms with Crippen molar-refractivity contribution in [3.63, 3.8) is 0 Å². The molecule has 0 aliphatic heterocycles. The number of methoxy groups -OCH3 is 2. The molecule has 0 amide bonds. The number of Topliss-reactive ketones (excluding diaryl/α,β-unsaturated/α-hetero) is 1. The summed E-state index contributed by atoms with van der Waals surface area (Å²) >= 11 is 0. The van der Waals surface area contributed by atoms with E-state index in [2.05, 4.69) is 0 Å². The number of ether oxygens (including phenoxy) is 2. The fourth-order valence-corrected chi connectivity index (χ4v) is 3.13. The summed E-state index contributed by atoms with van der Waals surface area (Å²) in [6, 6.07) is 5.35. The van der Waals surface area contributed by atoms with Crippen LogP contribution in [0.3, 0.4) is 0 Å². The Kier molecular flexibility index (Phi) is 4.18. The molecule has 1 aliphatic rings. The van der Waals surface area contributed by atoms with Crippen LogP contribution in [0.4, 0.5) is 5.69 Å². The normalized spacial score (nSPS) is 21.2. The minimum Gasteiger partial charge on any atom is -0.468 e. The van der Waals surface area contributed by atoms with E-state index in [1.54, 1.807) is 0 Å². The summed E-state index contributed by atoms with van der Waals surface area (Å²) in [4.78, 5) is 46.4. The van der Waals surface area contributed by atoms with E-state index in [1.165, 1.54) is 31.2 Å². The van der Waals surface area contributed by atoms with E-state index in [4.69, 9.17) is 9.47 Å². The smallest absolute Gasteiger partial charge is 0.324 e. The average Bonchev–Trinajstić information content (AvgIpc) is 3.25. The molecule has 2 atom stereocenters. The number of rotatable bonds is 5. The maximum atomic E-state index is 12.2. The predicted molar refractivity (Wildman–Crippen MR) is 76.5 cm³/mol. The van der Waals surface area contributed by atoms with Crippen molar-refractivity contribution in [2.24, 2.45) is 11.3 Å². The third-order valence-corrected chi connectivity index (χ3v) is 4.15. The molecule has 8 nitrogen and oxygen atoms in total. The number of ketones is 1. The summed E-state index contributed by atoms with van der Waals surface area (Å²) in [5.74, 6) is -3.74. The van der Waals surface area contributed by atoms with Gasteiger partial charge in [0.05, 0.1) is 25.1 Å². The first kappa shape index (κ1) is 16.6. The van der Waals surface area contributed by atoms with Gasteiger partial charge >= 0.3 is 11.9 Å². The van der Waals surface area contributed by atoms with Crippen LogP contribution in [0.5, 0.6) is 0 Å². The molecule has 1 aromatic carbocycles. The molecule has 0 bridgehead atoms. The number of hydrogen-bond donors (Lipinski definition) is 0. The highest BCUT2D eigenvalue weighted by molar-refractivity contribution is 6.12. The van der Waals surface area contributed by atoms with Gasteiger partial charge in [-0.3, -0.25) is 24.5 Å². The molecule has 0 aromatic heterocycles. The van der Waals surface area contributed by atoms with Crippen molar-refractivity contribution >= 4 is 23.4 Å². The molecule has 1 aliphatic carbocycles. The molecule has 0 radical (unpaired) electrons. The topological polar surface area (TPSA) is 113 Å². The Hall–Kier alpha value is -2.77. The molecule has 122 valence electrons. The third-order valence-electron chi connectivity index (χ3n) is 4.15. The van der Waals surface area contributed by atoms with Crippen LogP contribution < -0.4 is 0 Å². The van der Waals surface area contributed by atoms with Crippen LogP contribution in [0.1, 0.15) is 18.4 Å². The van der Waals surface area contributed by atoms with Crippen LogP contribution in [0.15, 0.2) is 24.3 Å². The number of esters is 2. The second-order valence-electron chi connectivity index (χ2n) is 5.27. The molecular formula is C15H15NO7. The minimum absolute atomic E-state index is 0.129. The Morgan fingerprint density at radius 2 is 1.57 bits per heavy atom. The lowest BCUT2D eigenvalue weighted by Crippen LogP contribution is -2.32. The van der Waals surface area contributed by atoms with E-state index in [-0.39, 0.29) is 11.5 Å². The van der Waals surface area contributed by atoms with Gasteiger partial charge in [-0.2, -0.15) is 0 Å². The van der Waals surface area contributed by atoms with Gasteiger partial charge in [0.1, 0.15) is 5.78 Å². The number of non-ortho nitro benzene ring substituents is 1. The highest BCUT2D eigenvalue weighted by Crippen LogP contribution is 2.66. The molecule has 8 heteroatoms. The molecule has 0 saturated heterocycles. The molecule has 1 fully saturated rings. The number of carbonyl (C=O) groups is 3. The van der Waals surface area contributed by atoms with Crippen LogP contribution in [0, 0.1) is 21.4 Å². The second kappa shape index (κ2) is 5.79. The van der Waals surface area contributed by atoms with Crippen molar-refractivity contribution in [3.05, 3.63) is 39.9 Å². The van der Waals surface area contributed by atoms with Crippen molar-refractivity contribution in [1.29, 1.82) is 0 Å². The van der Waals surface area contributed by atoms with Crippen molar-refractivity contribution in [2.45, 2.75) is 12.8 Å². The van der Waals surface area contributed by atoms with Crippen molar-refractivity contribution in [3.8, 4) is 0 Å². The number of nitrogens with zero attached hydrogens (tertiary/aromatic N) is 1. The summed E-state index contributed by atoms with van der Waals surface area (Å²) in [5, 5.41) is 10.7. The van der Waals surface area contributed by atoms with Gasteiger partial charge in [0.25, 0.3) is 5.69 Å². The summed E-state index contributed by atoms with van der Waals surface area (Å²) < 4.78 is 9.39. The zero-order valence-electron chi connectivity index (χ0n) is 12.8. The SMILES string of the molecule is COC(=O)C1(C(=O)OC)[C@H](C(C)=O)[C@@H]1c1ccc([N+](=O)[O-])cc1. The van der Waals surface area contributed by atoms with E-state index >= 15 is 0 Å². The first-order chi connectivity index (χ1) is 10.8. The Balaban J connectivity index is 2.50. The van der Waals surface area contributed by atoms with Gasteiger partial charge in [-0.15, -0.1) is 0 Å². The number of benzene rings is 1. The van der Waals surface area contributed by atoms with E-state index in [0.29, 0.717) is 5.56 Å². The first-order valence-corrected chi connectivity index (χ1v) is 6.74. The second-order valence-corrected chi connectivity index (χ2v) is 5.27. The molecule has 0 heterocycles. The highest BCUT2D eigenvalue weighted by Gasteiger charge is 2.78. The molecular weight excluding hydrogens is 306 g/mol. The van der Waals surface area contributed by atoms with Gasteiger partial charge in [0.15, 0.2) is 5.41 Å². The summed E-state index contributed by atoms with van der Waals surface area (Å²) in [5.41, 5.74) is -1.40. The lowest BCUT2D eigenvalue weighted by molar-refractivity contribution is -0.384. The Morgan fingerprint density at radius 3 is 1.91 bits per heavy atom. The number of nitro groups is 1. The van der Waals surface area contributed by atoms with Gasteiger partial charge in [-0.05, 0) is 12.5 Å². The molecule has 1 saturated carbocycles. The maximum Gasteiger partial charge on any atom is 0.324 e. The minimum atomic E-state index is -1.73. The lowest BCUT2D eigenvalue weighted by atomic mass is 9.98. The fraction of sp³-hybridized carbons (Fsp3) is 0.400. The molecule has 2 rings (SSSR count). The van der Waals surface area contributed by atoms with E-state index in [9.17, 15) is 24.5 Å². The highest BCUT2D eigenvalue weighted by atomic mass is 16.6. The van der Waals surface area contributed by atoms with Crippen molar-refractivity contribution in [2.75, 3.05) is 14.2 Å². The van der Waals surface area contributed by atoms with E-state index in [1.807, 2.05) is 0 Å². The van der Waals surface area contributed by atoms with Crippen LogP contribution >= 0.6 is 0 Å². The van der Waals surface area contributed by atoms with E-state index in [0.717, 1.165) is 14.2 Å². The van der Waals surface area contributed by atoms with Crippen molar-refractivity contribution in [1.82, 2.24) is 0 Å². The lowest BCUT2D eigenvalue weighted by Gasteiger charge is -2.12. The number of nitro benzene ring substituents is 1. The molecule has 0 unspecified atom stereocenters. The molecule has 0 spiro atoms. The summed E-state index contributed by atoms with van der Waals surface area (Å²) in [7, 11) is 2.24. The zero-order valence-corrected chi connectivity index (χ0v) is 12.8. The molecule has 1 aromatic rings. The Labute approximate surface area is 131 Å². The van der Waals surface area contributed by atoms with Crippen LogP contribution in [-0.2, 0) is 23.9 Å². The predicted octanol–water partition coefficient (Wildman–Crippen LogP) is 1.23. The molecule has 0 N–H and O–H groups in total. The van der Waals surface area contributed by atoms with Crippen molar-refractivity contribution < 1.29 is 28.8 Å². The standard InChI is InChI=1S/C15H15NO7/c1-8(17)11-12(9-4-6-10(7-5-9)16(20)21)15(11,13(18)22-2)14(19)23-3/h4-7,11-12H,1-3H3/t11-,12+/m1/s1. The summed E-state index contributed by atoms with van der Waals surface area (Å²) in [6.45, 7) is 1.27. The van der Waals surface area contributed by atoms with Crippen LogP contribution in [0.2, 0.25) is 0 Å². The van der Waals surface area contributed by atoms with Gasteiger partial charge < -0.3 is 9.47 Å². The van der Waals surface area contributed by atoms with Gasteiger partial charge in [0, 0.05) is 18.1 Å². The quantitative estimate of drug-likeness (QED) is 0.347. The van der Waals surface area contributed by atoms with E-state index < -0.39 is 34.1 Å². The molecule has 23 heavy (non-hydrogen) atoms. The zero-order chi connectivity index (χ0) is 17.4. The first-order valence-electron chi connectivity index (χ1n) is 6.74. The Morgan fingerprint density at radius 1 is 1.09 bits per heavy atom. The monoisotopic (exact) mass is 321 g/mol. The maximum absolute atomic E-state index is 12.2. The summed E-state index contributed by atoms with van der Waals surface area (Å²) in [6.07, 6.45) is 0. The fourth-order valence-electron chi connectivity index (χ4n) is 3.13. The van der Waals surface area contributed by atoms with Crippen LogP contribution in [0.25, 0.3) is 0 Å². The Bertz CT molecular complexity index is 664. The van der Waals surface area contributed by atoms with Gasteiger partial charge in [0.2, 0.25) is 0 Å². The largest absolute Gasteiger partial charge is 0.468 e. The van der Waals surface area contributed by atoms with Crippen LogP contribution in [-0.4, -0.2) is 36.9 Å². The number of hydrogen-bond acceptors (Lipinski definition) is 7. The number of carbonyl (C=O) groups excluding carboxylic acids is 3. The van der Waals surface area contributed by atoms with Gasteiger partial charge in [-0.1, -0.05) is 12.1 Å². The average molecular weight is 321 g/mol. The third kappa shape index (κ3) is 2.36. The van der Waals surface area contributed by atoms with Gasteiger partial charge in [-0.25, -0.2) is 0 Å².